The molecule has 0 aliphatic carbocycles. The van der Waals surface area contributed by atoms with Gasteiger partial charge in [0.05, 0.1) is 13.2 Å². The van der Waals surface area contributed by atoms with Crippen LogP contribution in [-0.4, -0.2) is 7.11 Å². The average Bonchev–Trinajstić information content (AvgIpc) is 2.37. The summed E-state index contributed by atoms with van der Waals surface area (Å²) in [6, 6.07) is 13.5. The third kappa shape index (κ3) is 2.66. The minimum atomic E-state index is -0.219. The van der Waals surface area contributed by atoms with Gasteiger partial charge in [-0.1, -0.05) is 47.5 Å². The van der Waals surface area contributed by atoms with Gasteiger partial charge in [-0.15, -0.1) is 0 Å². The number of rotatable bonds is 3. The fourth-order valence-electron chi connectivity index (χ4n) is 1.93. The molecular formula is C15H16ClNO. The first kappa shape index (κ1) is 12.9. The number of ether oxygens (including phenoxy) is 1. The van der Waals surface area contributed by atoms with Crippen molar-refractivity contribution in [2.24, 2.45) is 5.73 Å². The quantitative estimate of drug-likeness (QED) is 0.914. The Bertz CT molecular complexity index is 554. The molecule has 0 radical (unpaired) electrons. The van der Waals surface area contributed by atoms with E-state index in [1.165, 1.54) is 5.56 Å². The summed E-state index contributed by atoms with van der Waals surface area (Å²) < 4.78 is 5.13. The van der Waals surface area contributed by atoms with Crippen LogP contribution in [0.1, 0.15) is 22.7 Å². The molecule has 2 rings (SSSR count). The SMILES string of the molecule is COc1ccc(C(N)c2cccc(C)c2)c(Cl)c1. The first-order valence-electron chi connectivity index (χ1n) is 5.77. The molecule has 2 N–H and O–H groups in total. The van der Waals surface area contributed by atoms with Crippen molar-refractivity contribution in [3.63, 3.8) is 0 Å². The molecule has 0 aromatic heterocycles. The molecule has 94 valence electrons. The van der Waals surface area contributed by atoms with E-state index >= 15 is 0 Å². The molecule has 0 heterocycles. The molecule has 0 aliphatic heterocycles. The van der Waals surface area contributed by atoms with Crippen molar-refractivity contribution in [1.29, 1.82) is 0 Å². The lowest BCUT2D eigenvalue weighted by Crippen LogP contribution is -2.12. The van der Waals surface area contributed by atoms with Crippen molar-refractivity contribution in [3.8, 4) is 5.75 Å². The lowest BCUT2D eigenvalue weighted by atomic mass is 9.98. The zero-order valence-electron chi connectivity index (χ0n) is 10.5. The summed E-state index contributed by atoms with van der Waals surface area (Å²) in [7, 11) is 1.62. The molecule has 18 heavy (non-hydrogen) atoms. The van der Waals surface area contributed by atoms with Crippen molar-refractivity contribution in [2.45, 2.75) is 13.0 Å². The number of halogens is 1. The number of aryl methyl sites for hydroxylation is 1. The molecule has 2 aromatic rings. The molecular weight excluding hydrogens is 246 g/mol. The molecule has 0 fully saturated rings. The first-order valence-corrected chi connectivity index (χ1v) is 6.15. The van der Waals surface area contributed by atoms with Gasteiger partial charge in [-0.2, -0.15) is 0 Å². The Labute approximate surface area is 112 Å². The van der Waals surface area contributed by atoms with Crippen LogP contribution >= 0.6 is 11.6 Å². The van der Waals surface area contributed by atoms with Gasteiger partial charge in [-0.25, -0.2) is 0 Å². The molecule has 0 amide bonds. The van der Waals surface area contributed by atoms with E-state index in [1.807, 2.05) is 37.3 Å². The number of methoxy groups -OCH3 is 1. The minimum absolute atomic E-state index is 0.219. The van der Waals surface area contributed by atoms with E-state index in [9.17, 15) is 0 Å². The van der Waals surface area contributed by atoms with Gasteiger partial charge in [0.1, 0.15) is 5.75 Å². The maximum atomic E-state index is 6.25. The zero-order chi connectivity index (χ0) is 13.1. The molecule has 0 saturated heterocycles. The number of hydrogen-bond acceptors (Lipinski definition) is 2. The van der Waals surface area contributed by atoms with E-state index in [0.717, 1.165) is 16.9 Å². The molecule has 0 bridgehead atoms. The average molecular weight is 262 g/mol. The van der Waals surface area contributed by atoms with Gasteiger partial charge >= 0.3 is 0 Å². The summed E-state index contributed by atoms with van der Waals surface area (Å²) in [6.07, 6.45) is 0. The van der Waals surface area contributed by atoms with Crippen LogP contribution in [0.25, 0.3) is 0 Å². The number of nitrogens with two attached hydrogens (primary N) is 1. The van der Waals surface area contributed by atoms with Crippen LogP contribution in [0, 0.1) is 6.92 Å². The molecule has 1 atom stereocenters. The van der Waals surface area contributed by atoms with Gasteiger partial charge in [-0.3, -0.25) is 0 Å². The van der Waals surface area contributed by atoms with Crippen molar-refractivity contribution in [2.75, 3.05) is 7.11 Å². The van der Waals surface area contributed by atoms with Crippen molar-refractivity contribution < 1.29 is 4.74 Å². The third-order valence-corrected chi connectivity index (χ3v) is 3.27. The van der Waals surface area contributed by atoms with E-state index in [1.54, 1.807) is 13.2 Å². The number of benzene rings is 2. The Morgan fingerprint density at radius 1 is 1.17 bits per heavy atom. The highest BCUT2D eigenvalue weighted by Gasteiger charge is 2.13. The van der Waals surface area contributed by atoms with Crippen LogP contribution in [0.4, 0.5) is 0 Å². The van der Waals surface area contributed by atoms with Crippen LogP contribution in [0.2, 0.25) is 5.02 Å². The lowest BCUT2D eigenvalue weighted by Gasteiger charge is -2.15. The standard InChI is InChI=1S/C15H16ClNO/c1-10-4-3-5-11(8-10)15(17)13-7-6-12(18-2)9-14(13)16/h3-9,15H,17H2,1-2H3. The minimum Gasteiger partial charge on any atom is -0.497 e. The Hall–Kier alpha value is -1.51. The third-order valence-electron chi connectivity index (χ3n) is 2.94. The second kappa shape index (κ2) is 5.42. The largest absolute Gasteiger partial charge is 0.497 e. The lowest BCUT2D eigenvalue weighted by molar-refractivity contribution is 0.414. The highest BCUT2D eigenvalue weighted by Crippen LogP contribution is 2.29. The maximum absolute atomic E-state index is 6.25. The Morgan fingerprint density at radius 3 is 2.56 bits per heavy atom. The number of hydrogen-bond donors (Lipinski definition) is 1. The highest BCUT2D eigenvalue weighted by molar-refractivity contribution is 6.31. The highest BCUT2D eigenvalue weighted by atomic mass is 35.5. The van der Waals surface area contributed by atoms with E-state index in [0.29, 0.717) is 5.02 Å². The van der Waals surface area contributed by atoms with E-state index in [-0.39, 0.29) is 6.04 Å². The van der Waals surface area contributed by atoms with Gasteiger partial charge in [0.2, 0.25) is 0 Å². The summed E-state index contributed by atoms with van der Waals surface area (Å²) in [4.78, 5) is 0. The van der Waals surface area contributed by atoms with Crippen LogP contribution in [0.15, 0.2) is 42.5 Å². The monoisotopic (exact) mass is 261 g/mol. The molecule has 0 spiro atoms. The van der Waals surface area contributed by atoms with Crippen LogP contribution in [-0.2, 0) is 0 Å². The van der Waals surface area contributed by atoms with E-state index in [4.69, 9.17) is 22.1 Å². The summed E-state index contributed by atoms with van der Waals surface area (Å²) in [5.74, 6) is 0.736. The van der Waals surface area contributed by atoms with Crippen molar-refractivity contribution in [1.82, 2.24) is 0 Å². The fraction of sp³-hybridized carbons (Fsp3) is 0.200. The van der Waals surface area contributed by atoms with Gasteiger partial charge in [-0.05, 0) is 30.2 Å². The summed E-state index contributed by atoms with van der Waals surface area (Å²) >= 11 is 6.23. The van der Waals surface area contributed by atoms with Crippen LogP contribution < -0.4 is 10.5 Å². The van der Waals surface area contributed by atoms with Gasteiger partial charge in [0.25, 0.3) is 0 Å². The maximum Gasteiger partial charge on any atom is 0.120 e. The molecule has 2 nitrogen and oxygen atoms in total. The molecule has 1 unspecified atom stereocenters. The Kier molecular flexibility index (Phi) is 3.90. The molecule has 3 heteroatoms. The topological polar surface area (TPSA) is 35.2 Å². The fourth-order valence-corrected chi connectivity index (χ4v) is 2.22. The Morgan fingerprint density at radius 2 is 1.94 bits per heavy atom. The van der Waals surface area contributed by atoms with Gasteiger partial charge < -0.3 is 10.5 Å². The van der Waals surface area contributed by atoms with Crippen molar-refractivity contribution in [3.05, 3.63) is 64.2 Å². The van der Waals surface area contributed by atoms with Crippen molar-refractivity contribution >= 4 is 11.6 Å². The predicted octanol–water partition coefficient (Wildman–Crippen LogP) is 3.71. The van der Waals surface area contributed by atoms with Crippen LogP contribution in [0.5, 0.6) is 5.75 Å². The normalized spacial score (nSPS) is 12.2. The van der Waals surface area contributed by atoms with Gasteiger partial charge in [0.15, 0.2) is 0 Å². The summed E-state index contributed by atoms with van der Waals surface area (Å²) in [5, 5.41) is 0.628. The van der Waals surface area contributed by atoms with E-state index in [2.05, 4.69) is 6.07 Å². The zero-order valence-corrected chi connectivity index (χ0v) is 11.2. The molecule has 0 saturated carbocycles. The van der Waals surface area contributed by atoms with E-state index < -0.39 is 0 Å². The van der Waals surface area contributed by atoms with Crippen LogP contribution in [0.3, 0.4) is 0 Å². The second-order valence-corrected chi connectivity index (χ2v) is 4.69. The molecule has 0 aliphatic rings. The van der Waals surface area contributed by atoms with Gasteiger partial charge in [0, 0.05) is 5.02 Å². The second-order valence-electron chi connectivity index (χ2n) is 4.28. The summed E-state index contributed by atoms with van der Waals surface area (Å²) in [5.41, 5.74) is 9.40. The molecule has 2 aromatic carbocycles. The smallest absolute Gasteiger partial charge is 0.120 e. The Balaban J connectivity index is 2.37. The first-order chi connectivity index (χ1) is 8.61. The predicted molar refractivity (Wildman–Crippen MR) is 75.2 cm³/mol. The summed E-state index contributed by atoms with van der Waals surface area (Å²) in [6.45, 7) is 2.05.